The molecule has 7 heteroatoms. The largest absolute Gasteiger partial charge is 0.263 e. The molecule has 0 saturated carbocycles. The van der Waals surface area contributed by atoms with Crippen LogP contribution in [0.15, 0.2) is 41.4 Å². The maximum atomic E-state index is 13.2. The Hall–Kier alpha value is -2.46. The second-order valence-electron chi connectivity index (χ2n) is 4.08. The number of nitrogens with one attached hydrogen (secondary N) is 1. The van der Waals surface area contributed by atoms with Gasteiger partial charge in [0.1, 0.15) is 17.7 Å². The summed E-state index contributed by atoms with van der Waals surface area (Å²) in [5.41, 5.74) is 0.514. The Morgan fingerprint density at radius 3 is 2.70 bits per heavy atom. The zero-order chi connectivity index (χ0) is 14.8. The number of nitriles is 1. The van der Waals surface area contributed by atoms with E-state index >= 15 is 0 Å². The number of aryl methyl sites for hydroxylation is 1. The molecule has 2 rings (SSSR count). The van der Waals surface area contributed by atoms with Gasteiger partial charge in [-0.15, -0.1) is 0 Å². The van der Waals surface area contributed by atoms with Gasteiger partial charge in [-0.3, -0.25) is 4.72 Å². The molecule has 0 spiro atoms. The Morgan fingerprint density at radius 2 is 2.05 bits per heavy atom. The van der Waals surface area contributed by atoms with E-state index in [0.29, 0.717) is 0 Å². The normalized spacial score (nSPS) is 10.8. The summed E-state index contributed by atoms with van der Waals surface area (Å²) in [6.45, 7) is 1.80. The molecule has 1 aromatic heterocycles. The molecule has 5 nitrogen and oxygen atoms in total. The molecule has 1 N–H and O–H groups in total. The molecule has 20 heavy (non-hydrogen) atoms. The summed E-state index contributed by atoms with van der Waals surface area (Å²) in [7, 11) is -3.91. The van der Waals surface area contributed by atoms with Crippen molar-refractivity contribution in [3.05, 3.63) is 53.5 Å². The highest BCUT2D eigenvalue weighted by Crippen LogP contribution is 2.17. The first-order valence-electron chi connectivity index (χ1n) is 5.57. The lowest BCUT2D eigenvalue weighted by Crippen LogP contribution is -2.14. The van der Waals surface area contributed by atoms with Crippen molar-refractivity contribution in [1.29, 1.82) is 5.26 Å². The zero-order valence-electron chi connectivity index (χ0n) is 10.5. The van der Waals surface area contributed by atoms with E-state index in [1.807, 2.05) is 0 Å². The van der Waals surface area contributed by atoms with E-state index in [9.17, 15) is 12.8 Å². The molecule has 0 aliphatic carbocycles. The molecule has 0 unspecified atom stereocenters. The van der Waals surface area contributed by atoms with Crippen molar-refractivity contribution in [2.45, 2.75) is 11.8 Å². The lowest BCUT2D eigenvalue weighted by atomic mass is 10.2. The van der Waals surface area contributed by atoms with Crippen LogP contribution in [0.25, 0.3) is 0 Å². The van der Waals surface area contributed by atoms with Gasteiger partial charge < -0.3 is 0 Å². The van der Waals surface area contributed by atoms with Crippen LogP contribution >= 0.6 is 0 Å². The van der Waals surface area contributed by atoms with Gasteiger partial charge in [-0.2, -0.15) is 5.26 Å². The first-order valence-corrected chi connectivity index (χ1v) is 7.06. The van der Waals surface area contributed by atoms with Gasteiger partial charge in [-0.1, -0.05) is 0 Å². The standard InChI is InChI=1S/C13H10FN3O2S/c1-9-4-5-16-13(6-9)17-20(18,19)11-2-3-12(14)10(7-11)8-15/h2-7H,1H3,(H,16,17). The molecule has 0 bridgehead atoms. The Bertz CT molecular complexity index is 798. The van der Waals surface area contributed by atoms with E-state index in [-0.39, 0.29) is 16.3 Å². The van der Waals surface area contributed by atoms with Crippen LogP contribution in [-0.4, -0.2) is 13.4 Å². The number of hydrogen-bond acceptors (Lipinski definition) is 4. The minimum atomic E-state index is -3.91. The lowest BCUT2D eigenvalue weighted by molar-refractivity contribution is 0.599. The molecule has 0 fully saturated rings. The maximum Gasteiger partial charge on any atom is 0.263 e. The highest BCUT2D eigenvalue weighted by Gasteiger charge is 2.17. The summed E-state index contributed by atoms with van der Waals surface area (Å²) in [5, 5.41) is 8.72. The molecule has 0 aliphatic heterocycles. The molecule has 0 radical (unpaired) electrons. The van der Waals surface area contributed by atoms with Gasteiger partial charge in [0, 0.05) is 6.20 Å². The van der Waals surface area contributed by atoms with Crippen molar-refractivity contribution >= 4 is 15.8 Å². The molecule has 1 aromatic carbocycles. The summed E-state index contributed by atoms with van der Waals surface area (Å²) in [4.78, 5) is 3.69. The van der Waals surface area contributed by atoms with Crippen LogP contribution in [0.1, 0.15) is 11.1 Å². The number of sulfonamides is 1. The quantitative estimate of drug-likeness (QED) is 0.939. The van der Waals surface area contributed by atoms with Gasteiger partial charge in [-0.05, 0) is 42.8 Å². The molecule has 2 aromatic rings. The lowest BCUT2D eigenvalue weighted by Gasteiger charge is -2.08. The number of halogens is 1. The fraction of sp³-hybridized carbons (Fsp3) is 0.0769. The van der Waals surface area contributed by atoms with Crippen molar-refractivity contribution in [1.82, 2.24) is 4.98 Å². The Labute approximate surface area is 115 Å². The third kappa shape index (κ3) is 2.92. The van der Waals surface area contributed by atoms with Gasteiger partial charge >= 0.3 is 0 Å². The van der Waals surface area contributed by atoms with Crippen LogP contribution in [0.2, 0.25) is 0 Å². The number of benzene rings is 1. The molecule has 0 aliphatic rings. The Balaban J connectivity index is 2.39. The van der Waals surface area contributed by atoms with Crippen molar-refractivity contribution in [2.24, 2.45) is 0 Å². The molecule has 0 amide bonds. The SMILES string of the molecule is Cc1ccnc(NS(=O)(=O)c2ccc(F)c(C#N)c2)c1. The minimum absolute atomic E-state index is 0.160. The molecule has 102 valence electrons. The van der Waals surface area contributed by atoms with Crippen LogP contribution in [0, 0.1) is 24.1 Å². The van der Waals surface area contributed by atoms with Gasteiger partial charge in [0.15, 0.2) is 0 Å². The number of pyridine rings is 1. The van der Waals surface area contributed by atoms with E-state index in [1.54, 1.807) is 25.1 Å². The van der Waals surface area contributed by atoms with Crippen molar-refractivity contribution in [3.63, 3.8) is 0 Å². The molecule has 0 saturated heterocycles. The monoisotopic (exact) mass is 291 g/mol. The van der Waals surface area contributed by atoms with Gasteiger partial charge in [0.05, 0.1) is 10.5 Å². The number of nitrogens with zero attached hydrogens (tertiary/aromatic N) is 2. The second-order valence-corrected chi connectivity index (χ2v) is 5.76. The summed E-state index contributed by atoms with van der Waals surface area (Å²) in [5.74, 6) is -0.604. The van der Waals surface area contributed by atoms with Crippen LogP contribution in [0.5, 0.6) is 0 Å². The summed E-state index contributed by atoms with van der Waals surface area (Å²) >= 11 is 0. The van der Waals surface area contributed by atoms with Crippen molar-refractivity contribution < 1.29 is 12.8 Å². The average Bonchev–Trinajstić information content (AvgIpc) is 2.38. The zero-order valence-corrected chi connectivity index (χ0v) is 11.3. The predicted octanol–water partition coefficient (Wildman–Crippen LogP) is 2.20. The fourth-order valence-corrected chi connectivity index (χ4v) is 2.57. The Morgan fingerprint density at radius 1 is 1.30 bits per heavy atom. The van der Waals surface area contributed by atoms with E-state index in [1.165, 1.54) is 6.20 Å². The number of rotatable bonds is 3. The van der Waals surface area contributed by atoms with Gasteiger partial charge in [-0.25, -0.2) is 17.8 Å². The predicted molar refractivity (Wildman–Crippen MR) is 70.9 cm³/mol. The van der Waals surface area contributed by atoms with E-state index in [4.69, 9.17) is 5.26 Å². The van der Waals surface area contributed by atoms with Gasteiger partial charge in [0.2, 0.25) is 0 Å². The molecular weight excluding hydrogens is 281 g/mol. The second kappa shape index (κ2) is 5.27. The van der Waals surface area contributed by atoms with E-state index in [2.05, 4.69) is 9.71 Å². The Kier molecular flexibility index (Phi) is 3.68. The molecule has 0 atom stereocenters. The van der Waals surface area contributed by atoms with Crippen molar-refractivity contribution in [2.75, 3.05) is 4.72 Å². The first-order chi connectivity index (χ1) is 9.42. The summed E-state index contributed by atoms with van der Waals surface area (Å²) < 4.78 is 39.7. The third-order valence-corrected chi connectivity index (χ3v) is 3.88. The number of anilines is 1. The van der Waals surface area contributed by atoms with Crippen LogP contribution in [0.3, 0.4) is 0 Å². The van der Waals surface area contributed by atoms with Crippen molar-refractivity contribution in [3.8, 4) is 6.07 Å². The number of aromatic nitrogens is 1. The van der Waals surface area contributed by atoms with Crippen LogP contribution < -0.4 is 4.72 Å². The number of hydrogen-bond donors (Lipinski definition) is 1. The summed E-state index contributed by atoms with van der Waals surface area (Å²) in [6.07, 6.45) is 1.47. The van der Waals surface area contributed by atoms with Crippen LogP contribution in [-0.2, 0) is 10.0 Å². The van der Waals surface area contributed by atoms with Gasteiger partial charge in [0.25, 0.3) is 10.0 Å². The van der Waals surface area contributed by atoms with E-state index < -0.39 is 15.8 Å². The molecular formula is C13H10FN3O2S. The highest BCUT2D eigenvalue weighted by molar-refractivity contribution is 7.92. The summed E-state index contributed by atoms with van der Waals surface area (Å²) in [6, 6.07) is 7.90. The maximum absolute atomic E-state index is 13.2. The smallest absolute Gasteiger partial charge is 0.263 e. The third-order valence-electron chi connectivity index (χ3n) is 2.52. The first kappa shape index (κ1) is 14.0. The topological polar surface area (TPSA) is 82.8 Å². The fourth-order valence-electron chi connectivity index (χ4n) is 1.55. The highest BCUT2D eigenvalue weighted by atomic mass is 32.2. The molecule has 1 heterocycles. The van der Waals surface area contributed by atoms with E-state index in [0.717, 1.165) is 23.8 Å². The minimum Gasteiger partial charge on any atom is -0.263 e. The van der Waals surface area contributed by atoms with Crippen LogP contribution in [0.4, 0.5) is 10.2 Å². The average molecular weight is 291 g/mol.